The van der Waals surface area contributed by atoms with Crippen molar-refractivity contribution in [1.82, 2.24) is 4.31 Å². The zero-order valence-corrected chi connectivity index (χ0v) is 16.2. The van der Waals surface area contributed by atoms with E-state index in [2.05, 4.69) is 30.0 Å². The molecule has 6 nitrogen and oxygen atoms in total. The van der Waals surface area contributed by atoms with Crippen LogP contribution >= 0.6 is 0 Å². The van der Waals surface area contributed by atoms with Gasteiger partial charge in [0.15, 0.2) is 0 Å². The second-order valence-corrected chi connectivity index (χ2v) is 8.57. The topological polar surface area (TPSA) is 77.9 Å². The molecule has 7 heteroatoms. The maximum atomic E-state index is 12.9. The first-order chi connectivity index (χ1) is 12.9. The molecule has 1 aliphatic heterocycles. The second-order valence-electron chi connectivity index (χ2n) is 6.63. The lowest BCUT2D eigenvalue weighted by atomic mass is 10.1. The highest BCUT2D eigenvalue weighted by molar-refractivity contribution is 7.89. The van der Waals surface area contributed by atoms with Gasteiger partial charge in [-0.3, -0.25) is 4.79 Å². The minimum atomic E-state index is -3.63. The van der Waals surface area contributed by atoms with Crippen LogP contribution in [-0.2, 0) is 27.7 Å². The number of nitrogens with zero attached hydrogens (tertiary/aromatic N) is 2. The van der Waals surface area contributed by atoms with Crippen molar-refractivity contribution in [3.05, 3.63) is 59.7 Å². The molecular weight excluding hydrogens is 364 g/mol. The van der Waals surface area contributed by atoms with Crippen LogP contribution in [0.25, 0.3) is 0 Å². The van der Waals surface area contributed by atoms with Gasteiger partial charge in [-0.1, -0.05) is 31.2 Å². The van der Waals surface area contributed by atoms with Crippen molar-refractivity contribution in [1.29, 1.82) is 0 Å². The Labute approximate surface area is 160 Å². The third-order valence-electron chi connectivity index (χ3n) is 4.81. The molecule has 0 unspecified atom stereocenters. The lowest BCUT2D eigenvalue weighted by Crippen LogP contribution is -2.48. The summed E-state index contributed by atoms with van der Waals surface area (Å²) in [4.78, 5) is 13.2. The van der Waals surface area contributed by atoms with E-state index in [9.17, 15) is 13.2 Å². The number of anilines is 1. The van der Waals surface area contributed by atoms with E-state index >= 15 is 0 Å². The monoisotopic (exact) mass is 388 g/mol. The SMILES string of the molecule is CCc1cccc(N2CCN(S(=O)(=O)c3cccc(CC(=O)O)c3)CC2)c1. The summed E-state index contributed by atoms with van der Waals surface area (Å²) in [6.45, 7) is 4.17. The maximum absolute atomic E-state index is 12.9. The molecule has 0 aromatic heterocycles. The Balaban J connectivity index is 1.72. The van der Waals surface area contributed by atoms with Gasteiger partial charge in [-0.2, -0.15) is 4.31 Å². The molecule has 0 radical (unpaired) electrons. The van der Waals surface area contributed by atoms with Crippen LogP contribution in [0.15, 0.2) is 53.4 Å². The summed E-state index contributed by atoms with van der Waals surface area (Å²) in [6, 6.07) is 14.5. The van der Waals surface area contributed by atoms with Crippen molar-refractivity contribution >= 4 is 21.7 Å². The number of carboxylic acids is 1. The van der Waals surface area contributed by atoms with Crippen LogP contribution in [-0.4, -0.2) is 50.0 Å². The van der Waals surface area contributed by atoms with Gasteiger partial charge in [0.25, 0.3) is 0 Å². The lowest BCUT2D eigenvalue weighted by Gasteiger charge is -2.35. The molecule has 1 N–H and O–H groups in total. The standard InChI is InChI=1S/C20H24N2O4S/c1-2-16-5-3-7-18(13-16)21-9-11-22(12-10-21)27(25,26)19-8-4-6-17(14-19)15-20(23)24/h3-8,13-14H,2,9-12,15H2,1H3,(H,23,24). The summed E-state index contributed by atoms with van der Waals surface area (Å²) in [6.07, 6.45) is 0.778. The van der Waals surface area contributed by atoms with E-state index in [0.29, 0.717) is 31.7 Å². The number of carboxylic acid groups (broad SMARTS) is 1. The van der Waals surface area contributed by atoms with E-state index in [-0.39, 0.29) is 11.3 Å². The van der Waals surface area contributed by atoms with E-state index in [0.717, 1.165) is 12.1 Å². The van der Waals surface area contributed by atoms with Crippen molar-refractivity contribution in [2.45, 2.75) is 24.7 Å². The first-order valence-electron chi connectivity index (χ1n) is 9.05. The zero-order chi connectivity index (χ0) is 19.4. The fourth-order valence-corrected chi connectivity index (χ4v) is 4.79. The third kappa shape index (κ3) is 4.48. The number of carbonyl (C=O) groups is 1. The summed E-state index contributed by atoms with van der Waals surface area (Å²) in [7, 11) is -3.63. The largest absolute Gasteiger partial charge is 0.481 e. The minimum absolute atomic E-state index is 0.155. The second kappa shape index (κ2) is 8.10. The van der Waals surface area contributed by atoms with Gasteiger partial charge in [0, 0.05) is 31.9 Å². The highest BCUT2D eigenvalue weighted by Gasteiger charge is 2.28. The number of aliphatic carboxylic acids is 1. The van der Waals surface area contributed by atoms with Crippen molar-refractivity contribution in [2.75, 3.05) is 31.1 Å². The number of hydrogen-bond acceptors (Lipinski definition) is 4. The van der Waals surface area contributed by atoms with Gasteiger partial charge in [0.2, 0.25) is 10.0 Å². The quantitative estimate of drug-likeness (QED) is 0.822. The molecular formula is C20H24N2O4S. The number of aryl methyl sites for hydroxylation is 1. The van der Waals surface area contributed by atoms with Crippen LogP contribution in [0.5, 0.6) is 0 Å². The summed E-state index contributed by atoms with van der Waals surface area (Å²) < 4.78 is 27.3. The third-order valence-corrected chi connectivity index (χ3v) is 6.71. The summed E-state index contributed by atoms with van der Waals surface area (Å²) in [5.41, 5.74) is 2.87. The smallest absolute Gasteiger partial charge is 0.307 e. The van der Waals surface area contributed by atoms with E-state index < -0.39 is 16.0 Å². The predicted molar refractivity (Wildman–Crippen MR) is 105 cm³/mol. The zero-order valence-electron chi connectivity index (χ0n) is 15.3. The first-order valence-corrected chi connectivity index (χ1v) is 10.5. The molecule has 2 aromatic carbocycles. The van der Waals surface area contributed by atoms with E-state index in [4.69, 9.17) is 5.11 Å². The number of rotatable bonds is 6. The Hall–Kier alpha value is -2.38. The Morgan fingerprint density at radius 3 is 2.33 bits per heavy atom. The Kier molecular flexibility index (Phi) is 5.82. The molecule has 0 bridgehead atoms. The van der Waals surface area contributed by atoms with Crippen molar-refractivity contribution in [3.63, 3.8) is 0 Å². The lowest BCUT2D eigenvalue weighted by molar-refractivity contribution is -0.136. The normalized spacial score (nSPS) is 15.7. The predicted octanol–water partition coefficient (Wildman–Crippen LogP) is 2.39. The summed E-state index contributed by atoms with van der Waals surface area (Å²) >= 11 is 0. The van der Waals surface area contributed by atoms with E-state index in [1.165, 1.54) is 22.0 Å². The minimum Gasteiger partial charge on any atom is -0.481 e. The highest BCUT2D eigenvalue weighted by Crippen LogP contribution is 2.23. The van der Waals surface area contributed by atoms with Crippen LogP contribution in [0.3, 0.4) is 0 Å². The average Bonchev–Trinajstić information content (AvgIpc) is 2.68. The Bertz CT molecular complexity index is 919. The van der Waals surface area contributed by atoms with Crippen molar-refractivity contribution in [2.24, 2.45) is 0 Å². The molecule has 3 rings (SSSR count). The van der Waals surface area contributed by atoms with E-state index in [1.54, 1.807) is 12.1 Å². The first kappa shape index (κ1) is 19.4. The van der Waals surface area contributed by atoms with Crippen LogP contribution in [0.1, 0.15) is 18.1 Å². The van der Waals surface area contributed by atoms with Crippen LogP contribution in [0.4, 0.5) is 5.69 Å². The molecule has 1 fully saturated rings. The molecule has 0 atom stereocenters. The summed E-state index contributed by atoms with van der Waals surface area (Å²) in [5, 5.41) is 8.92. The van der Waals surface area contributed by atoms with Gasteiger partial charge in [0.1, 0.15) is 0 Å². The molecule has 2 aromatic rings. The van der Waals surface area contributed by atoms with E-state index in [1.807, 2.05) is 6.07 Å². The van der Waals surface area contributed by atoms with Crippen LogP contribution < -0.4 is 4.90 Å². The Morgan fingerprint density at radius 1 is 1.00 bits per heavy atom. The molecule has 1 heterocycles. The molecule has 1 aliphatic rings. The van der Waals surface area contributed by atoms with Crippen molar-refractivity contribution in [3.8, 4) is 0 Å². The van der Waals surface area contributed by atoms with Gasteiger partial charge >= 0.3 is 5.97 Å². The molecule has 27 heavy (non-hydrogen) atoms. The maximum Gasteiger partial charge on any atom is 0.307 e. The molecule has 0 amide bonds. The molecule has 0 aliphatic carbocycles. The average molecular weight is 388 g/mol. The highest BCUT2D eigenvalue weighted by atomic mass is 32.2. The van der Waals surface area contributed by atoms with Gasteiger partial charge in [-0.15, -0.1) is 0 Å². The van der Waals surface area contributed by atoms with Gasteiger partial charge < -0.3 is 10.0 Å². The molecule has 144 valence electrons. The number of piperazine rings is 1. The van der Waals surface area contributed by atoms with Gasteiger partial charge in [-0.25, -0.2) is 8.42 Å². The molecule has 1 saturated heterocycles. The van der Waals surface area contributed by atoms with Gasteiger partial charge in [-0.05, 0) is 41.8 Å². The number of sulfonamides is 1. The number of hydrogen-bond donors (Lipinski definition) is 1. The van der Waals surface area contributed by atoms with Gasteiger partial charge in [0.05, 0.1) is 11.3 Å². The Morgan fingerprint density at radius 2 is 1.67 bits per heavy atom. The van der Waals surface area contributed by atoms with Crippen LogP contribution in [0.2, 0.25) is 0 Å². The summed E-state index contributed by atoms with van der Waals surface area (Å²) in [5.74, 6) is -0.979. The van der Waals surface area contributed by atoms with Crippen LogP contribution in [0, 0.1) is 0 Å². The molecule has 0 spiro atoms. The fraction of sp³-hybridized carbons (Fsp3) is 0.350. The molecule has 0 saturated carbocycles. The number of benzene rings is 2. The fourth-order valence-electron chi connectivity index (χ4n) is 3.30. The van der Waals surface area contributed by atoms with Crippen molar-refractivity contribution < 1.29 is 18.3 Å².